The first-order valence-electron chi connectivity index (χ1n) is 8.04. The lowest BCUT2D eigenvalue weighted by Gasteiger charge is -2.23. The molecule has 0 aromatic carbocycles. The molecule has 1 heterocycles. The molecule has 1 aliphatic rings. The van der Waals surface area contributed by atoms with Gasteiger partial charge >= 0.3 is 6.09 Å². The van der Waals surface area contributed by atoms with Gasteiger partial charge < -0.3 is 15.4 Å². The highest BCUT2D eigenvalue weighted by Gasteiger charge is 2.28. The van der Waals surface area contributed by atoms with Gasteiger partial charge in [0.2, 0.25) is 5.91 Å². The van der Waals surface area contributed by atoms with Crippen molar-refractivity contribution in [1.29, 1.82) is 0 Å². The summed E-state index contributed by atoms with van der Waals surface area (Å²) in [5.74, 6) is 0.439. The van der Waals surface area contributed by atoms with Crippen LogP contribution in [0.5, 0.6) is 0 Å². The van der Waals surface area contributed by atoms with E-state index in [1.807, 2.05) is 0 Å². The third-order valence-corrected chi connectivity index (χ3v) is 3.50. The number of pyridine rings is 1. The molecule has 6 nitrogen and oxygen atoms in total. The number of ether oxygens (including phenoxy) is 1. The molecule has 0 saturated heterocycles. The predicted octanol–water partition coefficient (Wildman–Crippen LogP) is 3.10. The number of amides is 2. The van der Waals surface area contributed by atoms with Crippen LogP contribution in [-0.4, -0.2) is 28.6 Å². The number of carbonyl (C=O) groups is 2. The van der Waals surface area contributed by atoms with Gasteiger partial charge in [-0.25, -0.2) is 4.79 Å². The number of rotatable bonds is 6. The van der Waals surface area contributed by atoms with E-state index in [0.717, 1.165) is 6.42 Å². The average Bonchev–Trinajstić information content (AvgIpc) is 3.26. The van der Waals surface area contributed by atoms with Crippen LogP contribution in [0.1, 0.15) is 46.5 Å². The van der Waals surface area contributed by atoms with Gasteiger partial charge in [0.1, 0.15) is 11.6 Å². The molecule has 23 heavy (non-hydrogen) atoms. The Morgan fingerprint density at radius 2 is 2.13 bits per heavy atom. The maximum Gasteiger partial charge on any atom is 0.408 e. The number of nitrogens with one attached hydrogen (secondary N) is 2. The molecule has 1 fully saturated rings. The zero-order chi connectivity index (χ0) is 16.9. The van der Waals surface area contributed by atoms with Crippen molar-refractivity contribution in [1.82, 2.24) is 10.3 Å². The Labute approximate surface area is 137 Å². The Kier molecular flexibility index (Phi) is 5.58. The second-order valence-corrected chi connectivity index (χ2v) is 6.95. The van der Waals surface area contributed by atoms with Crippen molar-refractivity contribution in [3.05, 3.63) is 24.5 Å². The minimum Gasteiger partial charge on any atom is -0.444 e. The Morgan fingerprint density at radius 1 is 1.39 bits per heavy atom. The summed E-state index contributed by atoms with van der Waals surface area (Å²) in [7, 11) is 0. The van der Waals surface area contributed by atoms with Gasteiger partial charge in [-0.3, -0.25) is 9.78 Å². The number of hydrogen-bond donors (Lipinski definition) is 2. The molecule has 126 valence electrons. The number of carbonyl (C=O) groups excluding carboxylic acids is 2. The minimum absolute atomic E-state index is 0.246. The molecule has 1 aromatic rings. The maximum atomic E-state index is 12.4. The minimum atomic E-state index is -0.606. The molecular formula is C17H25N3O3. The highest BCUT2D eigenvalue weighted by Crippen LogP contribution is 2.34. The summed E-state index contributed by atoms with van der Waals surface area (Å²) in [5, 5.41) is 5.47. The molecule has 1 aliphatic carbocycles. The Bertz CT molecular complexity index is 536. The fourth-order valence-electron chi connectivity index (χ4n) is 2.19. The highest BCUT2D eigenvalue weighted by molar-refractivity contribution is 5.96. The lowest BCUT2D eigenvalue weighted by atomic mass is 10.1. The van der Waals surface area contributed by atoms with E-state index in [2.05, 4.69) is 15.6 Å². The highest BCUT2D eigenvalue weighted by atomic mass is 16.6. The maximum absolute atomic E-state index is 12.4. The molecule has 2 amide bonds. The smallest absolute Gasteiger partial charge is 0.408 e. The van der Waals surface area contributed by atoms with E-state index in [1.165, 1.54) is 12.8 Å². The fourth-order valence-corrected chi connectivity index (χ4v) is 2.19. The molecule has 6 heteroatoms. The van der Waals surface area contributed by atoms with Crippen molar-refractivity contribution in [3.63, 3.8) is 0 Å². The summed E-state index contributed by atoms with van der Waals surface area (Å²) in [4.78, 5) is 28.4. The van der Waals surface area contributed by atoms with Crippen molar-refractivity contribution in [3.8, 4) is 0 Å². The molecule has 0 radical (unpaired) electrons. The van der Waals surface area contributed by atoms with Crippen molar-refractivity contribution < 1.29 is 14.3 Å². The number of hydrogen-bond acceptors (Lipinski definition) is 4. The first-order valence-corrected chi connectivity index (χ1v) is 8.04. The van der Waals surface area contributed by atoms with Crippen LogP contribution in [0, 0.1) is 5.92 Å². The van der Waals surface area contributed by atoms with Gasteiger partial charge in [0, 0.05) is 6.20 Å². The largest absolute Gasteiger partial charge is 0.444 e. The average molecular weight is 319 g/mol. The predicted molar refractivity (Wildman–Crippen MR) is 88.0 cm³/mol. The molecule has 2 N–H and O–H groups in total. The molecule has 0 aliphatic heterocycles. The molecule has 1 atom stereocenters. The van der Waals surface area contributed by atoms with Crippen molar-refractivity contribution in [2.45, 2.75) is 58.1 Å². The van der Waals surface area contributed by atoms with E-state index in [1.54, 1.807) is 45.3 Å². The molecule has 2 rings (SSSR count). The second-order valence-electron chi connectivity index (χ2n) is 6.95. The van der Waals surface area contributed by atoms with E-state index in [-0.39, 0.29) is 5.91 Å². The number of anilines is 1. The third-order valence-electron chi connectivity index (χ3n) is 3.50. The van der Waals surface area contributed by atoms with Gasteiger partial charge in [-0.1, -0.05) is 12.8 Å². The van der Waals surface area contributed by atoms with E-state index in [4.69, 9.17) is 4.74 Å². The normalized spacial score (nSPS) is 15.6. The van der Waals surface area contributed by atoms with Crippen LogP contribution in [-0.2, 0) is 9.53 Å². The summed E-state index contributed by atoms with van der Waals surface area (Å²) in [6.07, 6.45) is 6.60. The van der Waals surface area contributed by atoms with Crippen LogP contribution < -0.4 is 10.6 Å². The van der Waals surface area contributed by atoms with Crippen LogP contribution in [0.15, 0.2) is 24.5 Å². The molecule has 1 unspecified atom stereocenters. The lowest BCUT2D eigenvalue weighted by Crippen LogP contribution is -2.45. The summed E-state index contributed by atoms with van der Waals surface area (Å²) in [6.45, 7) is 5.38. The van der Waals surface area contributed by atoms with Crippen LogP contribution in [0.4, 0.5) is 10.5 Å². The summed E-state index contributed by atoms with van der Waals surface area (Å²) in [6, 6.07) is 2.90. The standard InChI is InChI=1S/C17H25N3O3/c1-17(2,3)23-16(22)20-14(9-8-12-6-7-12)15(21)19-13-5-4-10-18-11-13/h4-5,10-12,14H,6-9H2,1-3H3,(H,19,21)(H,20,22). The molecule has 1 aromatic heterocycles. The second kappa shape index (κ2) is 7.44. The zero-order valence-corrected chi connectivity index (χ0v) is 14.0. The van der Waals surface area contributed by atoms with Crippen LogP contribution in [0.3, 0.4) is 0 Å². The van der Waals surface area contributed by atoms with E-state index < -0.39 is 17.7 Å². The van der Waals surface area contributed by atoms with Crippen molar-refractivity contribution in [2.75, 3.05) is 5.32 Å². The van der Waals surface area contributed by atoms with Gasteiger partial charge in [0.05, 0.1) is 11.9 Å². The van der Waals surface area contributed by atoms with Crippen molar-refractivity contribution in [2.24, 2.45) is 5.92 Å². The van der Waals surface area contributed by atoms with E-state index >= 15 is 0 Å². The summed E-state index contributed by atoms with van der Waals surface area (Å²) >= 11 is 0. The van der Waals surface area contributed by atoms with Crippen LogP contribution in [0.2, 0.25) is 0 Å². The zero-order valence-electron chi connectivity index (χ0n) is 14.0. The third kappa shape index (κ3) is 6.67. The summed E-state index contributed by atoms with van der Waals surface area (Å²) < 4.78 is 5.25. The van der Waals surface area contributed by atoms with Crippen molar-refractivity contribution >= 4 is 17.7 Å². The van der Waals surface area contributed by atoms with Gasteiger partial charge in [-0.15, -0.1) is 0 Å². The quantitative estimate of drug-likeness (QED) is 0.844. The first-order chi connectivity index (χ1) is 10.8. The number of nitrogens with zero attached hydrogens (tertiary/aromatic N) is 1. The molecular weight excluding hydrogens is 294 g/mol. The lowest BCUT2D eigenvalue weighted by molar-refractivity contribution is -0.118. The Hall–Kier alpha value is -2.11. The molecule has 1 saturated carbocycles. The summed E-state index contributed by atoms with van der Waals surface area (Å²) in [5.41, 5.74) is 0.0187. The van der Waals surface area contributed by atoms with Gasteiger partial charge in [0.15, 0.2) is 0 Å². The van der Waals surface area contributed by atoms with Crippen LogP contribution in [0.25, 0.3) is 0 Å². The SMILES string of the molecule is CC(C)(C)OC(=O)NC(CCC1CC1)C(=O)Nc1cccnc1. The topological polar surface area (TPSA) is 80.3 Å². The monoisotopic (exact) mass is 319 g/mol. The molecule has 0 bridgehead atoms. The van der Waals surface area contributed by atoms with Crippen LogP contribution >= 0.6 is 0 Å². The van der Waals surface area contributed by atoms with E-state index in [9.17, 15) is 9.59 Å². The Balaban J connectivity index is 1.94. The molecule has 0 spiro atoms. The van der Waals surface area contributed by atoms with Gasteiger partial charge in [-0.2, -0.15) is 0 Å². The number of aromatic nitrogens is 1. The Morgan fingerprint density at radius 3 is 2.70 bits per heavy atom. The fraction of sp³-hybridized carbons (Fsp3) is 0.588. The van der Waals surface area contributed by atoms with Gasteiger partial charge in [-0.05, 0) is 51.7 Å². The first kappa shape index (κ1) is 17.2. The number of alkyl carbamates (subject to hydrolysis) is 1. The van der Waals surface area contributed by atoms with E-state index in [0.29, 0.717) is 18.0 Å². The van der Waals surface area contributed by atoms with Gasteiger partial charge in [0.25, 0.3) is 0 Å².